The van der Waals surface area contributed by atoms with Crippen LogP contribution in [0, 0.1) is 11.3 Å². The molecule has 3 amide bonds. The van der Waals surface area contributed by atoms with Crippen LogP contribution in [0.3, 0.4) is 0 Å². The zero-order chi connectivity index (χ0) is 41.7. The number of rotatable bonds is 13. The molecule has 7 rings (SSSR count). The molecule has 314 valence electrons. The molecule has 1 aromatic carbocycles. The summed E-state index contributed by atoms with van der Waals surface area (Å²) in [7, 11) is 1.51. The largest absolute Gasteiger partial charge is 0.495 e. The quantitative estimate of drug-likeness (QED) is 0.148. The predicted molar refractivity (Wildman–Crippen MR) is 218 cm³/mol. The molecule has 8 atom stereocenters. The van der Waals surface area contributed by atoms with Crippen LogP contribution in [0.25, 0.3) is 22.3 Å². The third-order valence-corrected chi connectivity index (χ3v) is 12.7. The average molecular weight is 841 g/mol. The van der Waals surface area contributed by atoms with E-state index in [1.165, 1.54) is 23.3 Å². The summed E-state index contributed by atoms with van der Waals surface area (Å²) in [6.07, 6.45) is 2.26. The number of alkyl carbamates (subject to hydrolysis) is 1. The summed E-state index contributed by atoms with van der Waals surface area (Å²) in [6, 6.07) is 3.21. The molecule has 4 aliphatic rings. The highest BCUT2D eigenvalue weighted by atomic mass is 35.5. The van der Waals surface area contributed by atoms with Crippen LogP contribution >= 0.6 is 22.9 Å². The van der Waals surface area contributed by atoms with E-state index in [0.717, 1.165) is 18.0 Å². The van der Waals surface area contributed by atoms with Crippen molar-refractivity contribution in [2.45, 2.75) is 135 Å². The minimum absolute atomic E-state index is 0.0387. The summed E-state index contributed by atoms with van der Waals surface area (Å²) in [4.78, 5) is 65.9. The molecule has 2 bridgehead atoms. The molecular weight excluding hydrogens is 788 g/mol. The fourth-order valence-electron chi connectivity index (χ4n) is 8.47. The van der Waals surface area contributed by atoms with E-state index in [1.807, 2.05) is 46.9 Å². The number of methoxy groups -OCH3 is 1. The lowest BCUT2D eigenvalue weighted by molar-refractivity contribution is -0.146. The third-order valence-electron chi connectivity index (χ3n) is 11.6. The van der Waals surface area contributed by atoms with Crippen LogP contribution in [-0.4, -0.2) is 106 Å². The van der Waals surface area contributed by atoms with Crippen LogP contribution in [0.4, 0.5) is 9.93 Å². The van der Waals surface area contributed by atoms with E-state index in [9.17, 15) is 24.3 Å². The highest BCUT2D eigenvalue weighted by molar-refractivity contribution is 7.14. The second-order valence-electron chi connectivity index (χ2n) is 17.3. The van der Waals surface area contributed by atoms with Crippen molar-refractivity contribution in [3.8, 4) is 22.9 Å². The molecule has 1 unspecified atom stereocenters. The zero-order valence-electron chi connectivity index (χ0n) is 33.9. The number of hydrogen-bond acceptors (Lipinski definition) is 12. The van der Waals surface area contributed by atoms with Gasteiger partial charge in [-0.2, -0.15) is 0 Å². The number of carbonyl (C=O) groups is 4. The molecule has 2 aromatic heterocycles. The Morgan fingerprint density at radius 2 is 1.79 bits per heavy atom. The van der Waals surface area contributed by atoms with Crippen molar-refractivity contribution in [3.63, 3.8) is 0 Å². The molecule has 0 spiro atoms. The van der Waals surface area contributed by atoms with Gasteiger partial charge in [0, 0.05) is 42.1 Å². The van der Waals surface area contributed by atoms with E-state index < -0.39 is 53.0 Å². The molecule has 0 radical (unpaired) electrons. The van der Waals surface area contributed by atoms with Gasteiger partial charge >= 0.3 is 12.1 Å². The first kappa shape index (κ1) is 41.7. The number of nitrogens with one attached hydrogen (secondary N) is 3. The monoisotopic (exact) mass is 840 g/mol. The van der Waals surface area contributed by atoms with E-state index in [0.29, 0.717) is 53.1 Å². The lowest BCUT2D eigenvalue weighted by atomic mass is 9.85. The highest BCUT2D eigenvalue weighted by Crippen LogP contribution is 2.47. The lowest BCUT2D eigenvalue weighted by Gasteiger charge is -2.36. The molecular formula is C41H53ClN6O9S. The number of nitrogens with zero attached hydrogens (tertiary/aromatic N) is 3. The second kappa shape index (κ2) is 16.3. The fraction of sp³-hybridized carbons (Fsp3) is 0.610. The second-order valence-corrected chi connectivity index (χ2v) is 18.5. The Kier molecular flexibility index (Phi) is 11.7. The minimum Gasteiger partial charge on any atom is -0.495 e. The van der Waals surface area contributed by atoms with Crippen LogP contribution in [-0.2, 0) is 23.9 Å². The molecule has 4 fully saturated rings. The van der Waals surface area contributed by atoms with Crippen LogP contribution < -0.4 is 25.4 Å². The topological polar surface area (TPSA) is 191 Å². The number of likely N-dealkylation sites (tertiary alicyclic amines) is 1. The number of carboxylic acids is 1. The van der Waals surface area contributed by atoms with Crippen LogP contribution in [0.15, 0.2) is 23.6 Å². The Hall–Kier alpha value is -4.41. The molecule has 3 aliphatic heterocycles. The number of halogens is 1. The number of carboxylic acid groups (broad SMARTS) is 1. The zero-order valence-corrected chi connectivity index (χ0v) is 35.5. The maximum Gasteiger partial charge on any atom is 0.408 e. The molecule has 3 saturated heterocycles. The van der Waals surface area contributed by atoms with Crippen molar-refractivity contribution in [1.82, 2.24) is 25.5 Å². The number of amides is 3. The number of benzene rings is 1. The van der Waals surface area contributed by atoms with Gasteiger partial charge in [0.2, 0.25) is 11.8 Å². The van der Waals surface area contributed by atoms with Gasteiger partial charge in [-0.05, 0) is 56.6 Å². The fourth-order valence-corrected chi connectivity index (χ4v) is 9.61. The number of aromatic nitrogens is 2. The van der Waals surface area contributed by atoms with Crippen molar-refractivity contribution in [2.24, 2.45) is 11.3 Å². The van der Waals surface area contributed by atoms with E-state index in [-0.39, 0.29) is 54.7 Å². The molecule has 1 aliphatic carbocycles. The molecule has 15 nitrogen and oxygen atoms in total. The van der Waals surface area contributed by atoms with Gasteiger partial charge in [-0.25, -0.2) is 19.6 Å². The van der Waals surface area contributed by atoms with E-state index in [1.54, 1.807) is 18.2 Å². The van der Waals surface area contributed by atoms with Crippen LogP contribution in [0.5, 0.6) is 11.5 Å². The minimum atomic E-state index is -1.42. The van der Waals surface area contributed by atoms with E-state index >= 15 is 0 Å². The Bertz CT molecular complexity index is 2060. The Morgan fingerprint density at radius 3 is 2.41 bits per heavy atom. The molecule has 3 aromatic rings. The summed E-state index contributed by atoms with van der Waals surface area (Å²) in [5.74, 6) is -1.67. The predicted octanol–water partition coefficient (Wildman–Crippen LogP) is 6.41. The lowest BCUT2D eigenvalue weighted by Crippen LogP contribution is -2.59. The maximum atomic E-state index is 14.8. The van der Waals surface area contributed by atoms with Gasteiger partial charge in [0.15, 0.2) is 5.13 Å². The Balaban J connectivity index is 1.19. The third kappa shape index (κ3) is 8.51. The Labute approximate surface area is 346 Å². The standard InChI is InChI=1S/C41H53ClN6O9S/c1-8-21-17-41(21,37(51)52)47-35(49)29-15-25(18-48(29)36(50)34(40(4,5)6)46-39(53)57-24-13-22-9-10-23(14-24)55-22)56-31-16-27(28-19-58-38(45-28)43-20(2)3)44-33-26(31)11-12-30(54-7)32(33)42/h11-12,16,19-25,29,34H,8-10,13-15,17-18H2,1-7H3,(H,43,45)(H,46,53)(H,47,49)(H,51,52)/t21?,22-,23+,24+,25-,29+,34-,41-/m1/s1. The molecule has 58 heavy (non-hydrogen) atoms. The van der Waals surface area contributed by atoms with Gasteiger partial charge in [0.05, 0.1) is 37.1 Å². The van der Waals surface area contributed by atoms with Crippen molar-refractivity contribution >= 4 is 62.8 Å². The van der Waals surface area contributed by atoms with Gasteiger partial charge in [-0.1, -0.05) is 45.7 Å². The normalized spacial score (nSPS) is 26.9. The van der Waals surface area contributed by atoms with E-state index in [4.69, 9.17) is 40.5 Å². The molecule has 4 N–H and O–H groups in total. The van der Waals surface area contributed by atoms with Gasteiger partial charge in [-0.3, -0.25) is 9.59 Å². The van der Waals surface area contributed by atoms with Gasteiger partial charge < -0.3 is 44.9 Å². The van der Waals surface area contributed by atoms with Gasteiger partial charge in [-0.15, -0.1) is 11.3 Å². The average Bonchev–Trinajstić information content (AvgIpc) is 3.42. The number of hydrogen-bond donors (Lipinski definition) is 4. The van der Waals surface area contributed by atoms with Crippen molar-refractivity contribution in [3.05, 3.63) is 28.6 Å². The van der Waals surface area contributed by atoms with E-state index in [2.05, 4.69) is 16.0 Å². The summed E-state index contributed by atoms with van der Waals surface area (Å²) < 4.78 is 24.0. The van der Waals surface area contributed by atoms with Gasteiger partial charge in [0.1, 0.15) is 52.0 Å². The SMILES string of the molecule is CCC1C[C@]1(NC(=O)[C@@H]1C[C@@H](Oc2cc(-c3csc(NC(C)C)n3)nc3c(Cl)c(OC)ccc23)CN1C(=O)[C@@H](NC(=O)O[C@H]1C[C@H]2CC[C@@H](C1)O2)C(C)(C)C)C(=O)O. The number of carbonyl (C=O) groups excluding carboxylic acids is 3. The number of thiazole rings is 1. The van der Waals surface area contributed by atoms with Gasteiger partial charge in [0.25, 0.3) is 0 Å². The summed E-state index contributed by atoms with van der Waals surface area (Å²) >= 11 is 8.26. The number of ether oxygens (including phenoxy) is 4. The molecule has 5 heterocycles. The van der Waals surface area contributed by atoms with Crippen molar-refractivity contribution in [2.75, 3.05) is 19.0 Å². The summed E-state index contributed by atoms with van der Waals surface area (Å²) in [5.41, 5.74) is -0.735. The first-order valence-corrected chi connectivity index (χ1v) is 21.3. The van der Waals surface area contributed by atoms with Crippen molar-refractivity contribution < 1.29 is 43.2 Å². The number of anilines is 1. The molecule has 17 heteroatoms. The number of pyridine rings is 1. The van der Waals surface area contributed by atoms with Crippen LogP contribution in [0.1, 0.15) is 86.5 Å². The smallest absolute Gasteiger partial charge is 0.408 e. The molecule has 1 saturated carbocycles. The number of fused-ring (bicyclic) bond motifs is 3. The summed E-state index contributed by atoms with van der Waals surface area (Å²) in [5, 5.41) is 22.6. The first-order valence-electron chi connectivity index (χ1n) is 20.0. The first-order chi connectivity index (χ1) is 27.5. The maximum absolute atomic E-state index is 14.8. The Morgan fingerprint density at radius 1 is 1.07 bits per heavy atom. The van der Waals surface area contributed by atoms with Crippen molar-refractivity contribution in [1.29, 1.82) is 0 Å². The highest BCUT2D eigenvalue weighted by Gasteiger charge is 2.61. The number of aliphatic carboxylic acids is 1. The summed E-state index contributed by atoms with van der Waals surface area (Å²) in [6.45, 7) is 11.3. The van der Waals surface area contributed by atoms with Crippen LogP contribution in [0.2, 0.25) is 5.02 Å².